The lowest BCUT2D eigenvalue weighted by molar-refractivity contribution is 0.154. The molecule has 118 valence electrons. The molecule has 2 rings (SSSR count). The number of benzene rings is 1. The van der Waals surface area contributed by atoms with Crippen LogP contribution in [0.25, 0.3) is 0 Å². The molecule has 0 heterocycles. The van der Waals surface area contributed by atoms with E-state index in [1.54, 1.807) is 0 Å². The molecule has 0 radical (unpaired) electrons. The Morgan fingerprint density at radius 2 is 2.10 bits per heavy atom. The summed E-state index contributed by atoms with van der Waals surface area (Å²) < 4.78 is 30.5. The fraction of sp³-hybridized carbons (Fsp3) is 0.600. The Morgan fingerprint density at radius 3 is 2.71 bits per heavy atom. The van der Waals surface area contributed by atoms with Crippen LogP contribution in [0.2, 0.25) is 0 Å². The van der Waals surface area contributed by atoms with E-state index >= 15 is 0 Å². The van der Waals surface area contributed by atoms with Crippen LogP contribution in [0.3, 0.4) is 0 Å². The largest absolute Gasteiger partial charge is 0.490 e. The summed E-state index contributed by atoms with van der Waals surface area (Å²) in [6, 6.07) is 5.63. The minimum absolute atomic E-state index is 0.0582. The smallest absolute Gasteiger partial charge is 0.150 e. The van der Waals surface area contributed by atoms with E-state index in [1.807, 2.05) is 25.1 Å². The molecule has 3 atom stereocenters. The molecular formula is C15H22BrNO3S. The van der Waals surface area contributed by atoms with E-state index in [1.165, 1.54) is 6.26 Å². The molecule has 2 N–H and O–H groups in total. The molecular weight excluding hydrogens is 354 g/mol. The summed E-state index contributed by atoms with van der Waals surface area (Å²) in [5.74, 6) is 0.757. The molecule has 1 aromatic carbocycles. The van der Waals surface area contributed by atoms with Crippen molar-refractivity contribution in [1.29, 1.82) is 0 Å². The lowest BCUT2D eigenvalue weighted by atomic mass is 9.97. The normalized spacial score (nSPS) is 24.6. The van der Waals surface area contributed by atoms with E-state index in [0.717, 1.165) is 35.0 Å². The topological polar surface area (TPSA) is 69.4 Å². The molecule has 4 nitrogen and oxygen atoms in total. The van der Waals surface area contributed by atoms with Crippen LogP contribution in [0, 0.1) is 0 Å². The van der Waals surface area contributed by atoms with Gasteiger partial charge in [0.15, 0.2) is 0 Å². The van der Waals surface area contributed by atoms with Gasteiger partial charge in [-0.1, -0.05) is 15.9 Å². The van der Waals surface area contributed by atoms with Gasteiger partial charge in [-0.25, -0.2) is 8.42 Å². The summed E-state index contributed by atoms with van der Waals surface area (Å²) in [5, 5.41) is -0.287. The number of sulfone groups is 1. The SMILES string of the molecule is CC(N)c1cc(Br)ccc1OC1CCCC(S(C)(=O)=O)C1. The van der Waals surface area contributed by atoms with Gasteiger partial charge in [0.25, 0.3) is 0 Å². The number of nitrogens with two attached hydrogens (primary N) is 1. The first-order valence-corrected chi connectivity index (χ1v) is 9.92. The highest BCUT2D eigenvalue weighted by Crippen LogP contribution is 2.32. The van der Waals surface area contributed by atoms with Gasteiger partial charge in [-0.05, 0) is 44.4 Å². The Morgan fingerprint density at radius 1 is 1.38 bits per heavy atom. The lowest BCUT2D eigenvalue weighted by Gasteiger charge is -2.29. The maximum absolute atomic E-state index is 11.7. The molecule has 1 fully saturated rings. The Labute approximate surface area is 135 Å². The number of hydrogen-bond acceptors (Lipinski definition) is 4. The van der Waals surface area contributed by atoms with Crippen molar-refractivity contribution in [1.82, 2.24) is 0 Å². The van der Waals surface area contributed by atoms with Crippen LogP contribution in [-0.4, -0.2) is 26.0 Å². The average molecular weight is 376 g/mol. The zero-order chi connectivity index (χ0) is 15.6. The molecule has 0 amide bonds. The van der Waals surface area contributed by atoms with Crippen molar-refractivity contribution in [3.8, 4) is 5.75 Å². The number of rotatable bonds is 4. The fourth-order valence-corrected chi connectivity index (χ4v) is 4.30. The van der Waals surface area contributed by atoms with Gasteiger partial charge in [0.1, 0.15) is 15.6 Å². The van der Waals surface area contributed by atoms with Crippen molar-refractivity contribution in [2.75, 3.05) is 6.26 Å². The highest BCUT2D eigenvalue weighted by atomic mass is 79.9. The van der Waals surface area contributed by atoms with Crippen LogP contribution < -0.4 is 10.5 Å². The van der Waals surface area contributed by atoms with E-state index in [9.17, 15) is 8.42 Å². The van der Waals surface area contributed by atoms with Crippen LogP contribution in [-0.2, 0) is 9.84 Å². The molecule has 1 aliphatic carbocycles. The van der Waals surface area contributed by atoms with Crippen molar-refractivity contribution in [3.05, 3.63) is 28.2 Å². The zero-order valence-electron chi connectivity index (χ0n) is 12.4. The standard InChI is InChI=1S/C15H22BrNO3S/c1-10(17)14-8-11(16)6-7-15(14)20-12-4-3-5-13(9-12)21(2,18)19/h6-8,10,12-13H,3-5,9,17H2,1-2H3. The number of hydrogen-bond donors (Lipinski definition) is 1. The average Bonchev–Trinajstić information content (AvgIpc) is 2.40. The van der Waals surface area contributed by atoms with E-state index in [0.29, 0.717) is 6.42 Å². The predicted octanol–water partition coefficient (Wildman–Crippen LogP) is 3.20. The molecule has 0 bridgehead atoms. The van der Waals surface area contributed by atoms with Crippen LogP contribution in [0.5, 0.6) is 5.75 Å². The Hall–Kier alpha value is -0.590. The third-order valence-electron chi connectivity index (χ3n) is 3.94. The lowest BCUT2D eigenvalue weighted by Crippen LogP contribution is -2.33. The van der Waals surface area contributed by atoms with E-state index in [4.69, 9.17) is 10.5 Å². The van der Waals surface area contributed by atoms with Crippen LogP contribution in [0.1, 0.15) is 44.2 Å². The molecule has 21 heavy (non-hydrogen) atoms. The Balaban J connectivity index is 2.15. The van der Waals surface area contributed by atoms with Gasteiger partial charge in [0.05, 0.1) is 11.4 Å². The van der Waals surface area contributed by atoms with Gasteiger partial charge in [-0.2, -0.15) is 0 Å². The molecule has 0 spiro atoms. The van der Waals surface area contributed by atoms with Gasteiger partial charge in [0, 0.05) is 28.8 Å². The predicted molar refractivity (Wildman–Crippen MR) is 88.3 cm³/mol. The van der Waals surface area contributed by atoms with Crippen LogP contribution in [0.15, 0.2) is 22.7 Å². The van der Waals surface area contributed by atoms with Crippen LogP contribution in [0.4, 0.5) is 0 Å². The molecule has 6 heteroatoms. The second-order valence-corrected chi connectivity index (χ2v) is 9.07. The van der Waals surface area contributed by atoms with Gasteiger partial charge in [-0.15, -0.1) is 0 Å². The minimum Gasteiger partial charge on any atom is -0.490 e. The second-order valence-electron chi connectivity index (χ2n) is 5.83. The first-order chi connectivity index (χ1) is 9.77. The second kappa shape index (κ2) is 6.67. The maximum Gasteiger partial charge on any atom is 0.150 e. The minimum atomic E-state index is -3.00. The molecule has 0 saturated heterocycles. The summed E-state index contributed by atoms with van der Waals surface area (Å²) >= 11 is 3.44. The first-order valence-electron chi connectivity index (χ1n) is 7.18. The Bertz CT molecular complexity index is 601. The molecule has 0 aliphatic heterocycles. The molecule has 1 aromatic rings. The van der Waals surface area contributed by atoms with Crippen molar-refractivity contribution in [2.24, 2.45) is 5.73 Å². The van der Waals surface area contributed by atoms with Crippen LogP contribution >= 0.6 is 15.9 Å². The van der Waals surface area contributed by atoms with Crippen molar-refractivity contribution < 1.29 is 13.2 Å². The summed E-state index contributed by atoms with van der Waals surface area (Å²) in [6.45, 7) is 1.91. The van der Waals surface area contributed by atoms with E-state index < -0.39 is 9.84 Å². The third-order valence-corrected chi connectivity index (χ3v) is 6.07. The highest BCUT2D eigenvalue weighted by molar-refractivity contribution is 9.10. The highest BCUT2D eigenvalue weighted by Gasteiger charge is 2.30. The summed E-state index contributed by atoms with van der Waals surface area (Å²) in [7, 11) is -3.00. The zero-order valence-corrected chi connectivity index (χ0v) is 14.8. The maximum atomic E-state index is 11.7. The van der Waals surface area contributed by atoms with Gasteiger partial charge in [-0.3, -0.25) is 0 Å². The molecule has 0 aromatic heterocycles. The fourth-order valence-electron chi connectivity index (χ4n) is 2.76. The molecule has 3 unspecified atom stereocenters. The van der Waals surface area contributed by atoms with Gasteiger partial charge in [0.2, 0.25) is 0 Å². The number of ether oxygens (including phenoxy) is 1. The van der Waals surface area contributed by atoms with Crippen molar-refractivity contribution in [3.63, 3.8) is 0 Å². The molecule has 1 saturated carbocycles. The van der Waals surface area contributed by atoms with Crippen molar-refractivity contribution in [2.45, 2.75) is 50.0 Å². The van der Waals surface area contributed by atoms with E-state index in [2.05, 4.69) is 15.9 Å². The van der Waals surface area contributed by atoms with Gasteiger partial charge < -0.3 is 10.5 Å². The summed E-state index contributed by atoms with van der Waals surface area (Å²) in [6.07, 6.45) is 4.32. The number of halogens is 1. The monoisotopic (exact) mass is 375 g/mol. The summed E-state index contributed by atoms with van der Waals surface area (Å²) in [4.78, 5) is 0. The van der Waals surface area contributed by atoms with Crippen molar-refractivity contribution >= 4 is 25.8 Å². The van der Waals surface area contributed by atoms with E-state index in [-0.39, 0.29) is 17.4 Å². The Kier molecular flexibility index (Phi) is 5.33. The summed E-state index contributed by atoms with van der Waals surface area (Å²) in [5.41, 5.74) is 6.92. The molecule has 1 aliphatic rings. The quantitative estimate of drug-likeness (QED) is 0.876. The third kappa shape index (κ3) is 4.44. The first kappa shape index (κ1) is 16.8. The van der Waals surface area contributed by atoms with Gasteiger partial charge >= 0.3 is 0 Å².